The van der Waals surface area contributed by atoms with E-state index in [0.717, 1.165) is 74.5 Å². The molecule has 0 aliphatic carbocycles. The largest absolute Gasteiger partial charge is 0.493 e. The maximum Gasteiger partial charge on any atom is 0.416 e. The number of hydrogen-bond donors (Lipinski definition) is 3. The van der Waals surface area contributed by atoms with Crippen molar-refractivity contribution in [3.05, 3.63) is 103 Å². The Kier molecular flexibility index (Phi) is 11.3. The quantitative estimate of drug-likeness (QED) is 0.109. The standard InChI is InChI=1S/C37H39F3N8O3/c1-50-32-23-31-30(22-33(32)51-20-5-4-15-47-16-18-48(19-17-47)34-9-2-3-14-41-34)35(44-25-43-31)42-24-26-7-6-8-29(21-26)46-36(49)45-28-12-10-27(11-13-28)37(38,39)40/h2-3,6-14,21-23,25H,4-5,15-20,24H2,1H3,(H,42,43,44)(H2,45,46,49). The Balaban J connectivity index is 1.00. The highest BCUT2D eigenvalue weighted by atomic mass is 19.4. The van der Waals surface area contributed by atoms with Gasteiger partial charge in [-0.3, -0.25) is 4.90 Å². The van der Waals surface area contributed by atoms with Gasteiger partial charge < -0.3 is 30.3 Å². The minimum absolute atomic E-state index is 0.237. The average molecular weight is 701 g/mol. The number of benzene rings is 3. The highest BCUT2D eigenvalue weighted by molar-refractivity contribution is 5.99. The predicted octanol–water partition coefficient (Wildman–Crippen LogP) is 7.29. The molecule has 0 radical (unpaired) electrons. The number of rotatable bonds is 13. The van der Waals surface area contributed by atoms with Crippen LogP contribution in [0.1, 0.15) is 24.0 Å². The summed E-state index contributed by atoms with van der Waals surface area (Å²) >= 11 is 0. The average Bonchev–Trinajstić information content (AvgIpc) is 3.14. The Morgan fingerprint density at radius 2 is 1.65 bits per heavy atom. The molecule has 5 aromatic rings. The Bertz CT molecular complexity index is 1900. The fourth-order valence-electron chi connectivity index (χ4n) is 5.82. The molecule has 1 fully saturated rings. The maximum absolute atomic E-state index is 12.8. The van der Waals surface area contributed by atoms with Crippen molar-refractivity contribution in [2.24, 2.45) is 0 Å². The number of aromatic nitrogens is 3. The lowest BCUT2D eigenvalue weighted by Gasteiger charge is -2.35. The predicted molar refractivity (Wildman–Crippen MR) is 192 cm³/mol. The number of alkyl halides is 3. The number of pyridine rings is 1. The molecule has 0 spiro atoms. The normalized spacial score (nSPS) is 13.5. The molecular formula is C37H39F3N8O3. The van der Waals surface area contributed by atoms with Crippen LogP contribution in [0.15, 0.2) is 91.4 Å². The first-order chi connectivity index (χ1) is 24.7. The van der Waals surface area contributed by atoms with Crippen LogP contribution in [-0.2, 0) is 12.7 Å². The van der Waals surface area contributed by atoms with Gasteiger partial charge in [0.1, 0.15) is 18.0 Å². The van der Waals surface area contributed by atoms with Gasteiger partial charge >= 0.3 is 12.2 Å². The fourth-order valence-corrected chi connectivity index (χ4v) is 5.82. The number of carbonyl (C=O) groups is 1. The second-order valence-corrected chi connectivity index (χ2v) is 12.0. The number of methoxy groups -OCH3 is 1. The third-order valence-corrected chi connectivity index (χ3v) is 8.51. The third-order valence-electron chi connectivity index (χ3n) is 8.51. The van der Waals surface area contributed by atoms with E-state index < -0.39 is 17.8 Å². The summed E-state index contributed by atoms with van der Waals surface area (Å²) in [6, 6.07) is 20.6. The van der Waals surface area contributed by atoms with Gasteiger partial charge in [-0.2, -0.15) is 13.2 Å². The smallest absolute Gasteiger partial charge is 0.416 e. The third kappa shape index (κ3) is 9.54. The van der Waals surface area contributed by atoms with Crippen LogP contribution < -0.4 is 30.3 Å². The van der Waals surface area contributed by atoms with Crippen molar-refractivity contribution in [3.8, 4) is 11.5 Å². The van der Waals surface area contributed by atoms with Crippen LogP contribution in [0, 0.1) is 0 Å². The van der Waals surface area contributed by atoms with Crippen molar-refractivity contribution in [2.75, 3.05) is 67.3 Å². The van der Waals surface area contributed by atoms with E-state index in [-0.39, 0.29) is 5.69 Å². The SMILES string of the molecule is COc1cc2ncnc(NCc3cccc(NC(=O)Nc4ccc(C(F)(F)F)cc4)c3)c2cc1OCCCCN1CCN(c2ccccn2)CC1. The van der Waals surface area contributed by atoms with Crippen molar-refractivity contribution in [2.45, 2.75) is 25.6 Å². The molecular weight excluding hydrogens is 661 g/mol. The molecule has 11 nitrogen and oxygen atoms in total. The van der Waals surface area contributed by atoms with Gasteiger partial charge in [-0.1, -0.05) is 18.2 Å². The number of piperazine rings is 1. The van der Waals surface area contributed by atoms with Crippen molar-refractivity contribution < 1.29 is 27.4 Å². The summed E-state index contributed by atoms with van der Waals surface area (Å²) in [7, 11) is 1.60. The summed E-state index contributed by atoms with van der Waals surface area (Å²) in [5, 5.41) is 9.38. The molecule has 3 aromatic carbocycles. The monoisotopic (exact) mass is 700 g/mol. The number of nitrogens with one attached hydrogen (secondary N) is 3. The molecule has 0 unspecified atom stereocenters. The topological polar surface area (TPSA) is 117 Å². The van der Waals surface area contributed by atoms with Crippen LogP contribution in [0.3, 0.4) is 0 Å². The van der Waals surface area contributed by atoms with E-state index in [9.17, 15) is 18.0 Å². The minimum Gasteiger partial charge on any atom is -0.493 e. The number of unbranched alkanes of at least 4 members (excludes halogenated alkanes) is 1. The van der Waals surface area contributed by atoms with Crippen LogP contribution in [0.25, 0.3) is 10.9 Å². The van der Waals surface area contributed by atoms with E-state index in [1.807, 2.05) is 36.5 Å². The molecule has 2 aromatic heterocycles. The van der Waals surface area contributed by atoms with Crippen LogP contribution in [0.2, 0.25) is 0 Å². The Morgan fingerprint density at radius 1 is 0.843 bits per heavy atom. The van der Waals surface area contributed by atoms with Crippen LogP contribution in [0.4, 0.5) is 41.0 Å². The number of nitrogens with zero attached hydrogens (tertiary/aromatic N) is 5. The molecule has 1 aliphatic rings. The zero-order valence-corrected chi connectivity index (χ0v) is 28.1. The summed E-state index contributed by atoms with van der Waals surface area (Å²) in [6.45, 7) is 5.89. The summed E-state index contributed by atoms with van der Waals surface area (Å²) in [6.07, 6.45) is 0.770. The Hall–Kier alpha value is -5.63. The Labute approximate surface area is 293 Å². The van der Waals surface area contributed by atoms with Crippen LogP contribution in [0.5, 0.6) is 11.5 Å². The summed E-state index contributed by atoms with van der Waals surface area (Å²) < 4.78 is 50.3. The zero-order valence-electron chi connectivity index (χ0n) is 28.1. The molecule has 0 atom stereocenters. The zero-order chi connectivity index (χ0) is 35.6. The first-order valence-electron chi connectivity index (χ1n) is 16.7. The lowest BCUT2D eigenvalue weighted by Crippen LogP contribution is -2.46. The molecule has 2 amide bonds. The lowest BCUT2D eigenvalue weighted by molar-refractivity contribution is -0.137. The van der Waals surface area contributed by atoms with Crippen LogP contribution >= 0.6 is 0 Å². The van der Waals surface area contributed by atoms with Gasteiger partial charge in [0.05, 0.1) is 24.8 Å². The van der Waals surface area contributed by atoms with Gasteiger partial charge in [-0.25, -0.2) is 19.7 Å². The fraction of sp³-hybridized carbons (Fsp3) is 0.297. The molecule has 3 heterocycles. The number of amides is 2. The van der Waals surface area contributed by atoms with E-state index in [4.69, 9.17) is 9.47 Å². The van der Waals surface area contributed by atoms with Crippen LogP contribution in [-0.4, -0.2) is 72.3 Å². The molecule has 0 saturated carbocycles. The summed E-state index contributed by atoms with van der Waals surface area (Å²) in [5.74, 6) is 2.84. The number of hydrogen-bond acceptors (Lipinski definition) is 9. The van der Waals surface area contributed by atoms with E-state index >= 15 is 0 Å². The number of ether oxygens (including phenoxy) is 2. The molecule has 3 N–H and O–H groups in total. The summed E-state index contributed by atoms with van der Waals surface area (Å²) in [5.41, 5.74) is 1.51. The minimum atomic E-state index is -4.45. The van der Waals surface area contributed by atoms with E-state index in [2.05, 4.69) is 46.8 Å². The lowest BCUT2D eigenvalue weighted by atomic mass is 10.1. The van der Waals surface area contributed by atoms with Gasteiger partial charge in [0.25, 0.3) is 0 Å². The number of halogens is 3. The number of carbonyl (C=O) groups excluding carboxylic acids is 1. The second kappa shape index (κ2) is 16.4. The molecule has 1 aliphatic heterocycles. The highest BCUT2D eigenvalue weighted by Crippen LogP contribution is 2.34. The van der Waals surface area contributed by atoms with Crippen molar-refractivity contribution in [3.63, 3.8) is 0 Å². The molecule has 6 rings (SSSR count). The van der Waals surface area contributed by atoms with Gasteiger partial charge in [0.15, 0.2) is 11.5 Å². The Morgan fingerprint density at radius 3 is 2.39 bits per heavy atom. The van der Waals surface area contributed by atoms with E-state index in [1.165, 1.54) is 18.5 Å². The molecule has 0 bridgehead atoms. The molecule has 266 valence electrons. The van der Waals surface area contributed by atoms with Gasteiger partial charge in [0.2, 0.25) is 0 Å². The second-order valence-electron chi connectivity index (χ2n) is 12.0. The number of anilines is 4. The number of fused-ring (bicyclic) bond motifs is 1. The first kappa shape index (κ1) is 35.2. The summed E-state index contributed by atoms with van der Waals surface area (Å²) in [4.78, 5) is 30.7. The van der Waals surface area contributed by atoms with E-state index in [1.54, 1.807) is 25.3 Å². The van der Waals surface area contributed by atoms with Crippen molar-refractivity contribution in [1.82, 2.24) is 19.9 Å². The van der Waals surface area contributed by atoms with Gasteiger partial charge in [-0.05, 0) is 79.5 Å². The van der Waals surface area contributed by atoms with E-state index in [0.29, 0.717) is 41.7 Å². The van der Waals surface area contributed by atoms with Crippen molar-refractivity contribution in [1.29, 1.82) is 0 Å². The van der Waals surface area contributed by atoms with Crippen molar-refractivity contribution >= 4 is 39.9 Å². The highest BCUT2D eigenvalue weighted by Gasteiger charge is 2.30. The molecule has 1 saturated heterocycles. The first-order valence-corrected chi connectivity index (χ1v) is 16.7. The van der Waals surface area contributed by atoms with Gasteiger partial charge in [-0.15, -0.1) is 0 Å². The molecule has 51 heavy (non-hydrogen) atoms. The molecule has 14 heteroatoms. The number of urea groups is 1. The maximum atomic E-state index is 12.8. The van der Waals surface area contributed by atoms with Gasteiger partial charge in [0, 0.05) is 61.7 Å².